The minimum absolute atomic E-state index is 0.00222. The van der Waals surface area contributed by atoms with Crippen molar-refractivity contribution in [3.63, 3.8) is 0 Å². The minimum Gasteiger partial charge on any atom is -0.465 e. The van der Waals surface area contributed by atoms with Gasteiger partial charge in [-0.25, -0.2) is 0 Å². The van der Waals surface area contributed by atoms with E-state index in [4.69, 9.17) is 37.4 Å². The standard InChI is InChI=1S/C18H20Cl2N2O8/c1-8(23)28-7-11-4-15(18(30-10(3)25)17(11)29-9(2)24)21-14-5-12(19)13(20)6-16(14)22(26)27/h5-6,11,15,17-18,21H,4,7H2,1-3H3/t11?,15-,17?,18?/m1/s1. The number of nitro benzene ring substituents is 1. The first-order valence-electron chi connectivity index (χ1n) is 8.87. The van der Waals surface area contributed by atoms with Crippen LogP contribution in [0, 0.1) is 16.0 Å². The molecule has 1 saturated carbocycles. The molecule has 0 saturated heterocycles. The Morgan fingerprint density at radius 3 is 2.17 bits per heavy atom. The fourth-order valence-corrected chi connectivity index (χ4v) is 3.64. The largest absolute Gasteiger partial charge is 0.465 e. The van der Waals surface area contributed by atoms with Gasteiger partial charge in [-0.05, 0) is 12.5 Å². The summed E-state index contributed by atoms with van der Waals surface area (Å²) in [5.41, 5.74) is -0.287. The average molecular weight is 463 g/mol. The van der Waals surface area contributed by atoms with Crippen molar-refractivity contribution in [1.82, 2.24) is 0 Å². The number of rotatable bonds is 7. The van der Waals surface area contributed by atoms with Crippen LogP contribution in [0.4, 0.5) is 11.4 Å². The van der Waals surface area contributed by atoms with Crippen molar-refractivity contribution in [2.45, 2.75) is 45.4 Å². The third-order valence-corrected chi connectivity index (χ3v) is 5.14. The second-order valence-electron chi connectivity index (χ2n) is 6.74. The highest BCUT2D eigenvalue weighted by molar-refractivity contribution is 6.42. The molecule has 1 fully saturated rings. The molecule has 30 heavy (non-hydrogen) atoms. The van der Waals surface area contributed by atoms with Crippen LogP contribution < -0.4 is 5.32 Å². The molecule has 1 N–H and O–H groups in total. The number of esters is 3. The van der Waals surface area contributed by atoms with E-state index in [0.29, 0.717) is 0 Å². The number of halogens is 2. The predicted molar refractivity (Wildman–Crippen MR) is 106 cm³/mol. The highest BCUT2D eigenvalue weighted by Crippen LogP contribution is 2.38. The molecule has 10 nitrogen and oxygen atoms in total. The second-order valence-corrected chi connectivity index (χ2v) is 7.55. The van der Waals surface area contributed by atoms with Gasteiger partial charge in [0.05, 0.1) is 27.6 Å². The van der Waals surface area contributed by atoms with Crippen molar-refractivity contribution in [2.24, 2.45) is 5.92 Å². The molecule has 0 bridgehead atoms. The molecular formula is C18H20Cl2N2O8. The maximum absolute atomic E-state index is 11.7. The SMILES string of the molecule is CC(=O)OCC1C[C@@H](Nc2cc(Cl)c(Cl)cc2[N+](=O)[O-])C(OC(C)=O)C1OC(C)=O. The van der Waals surface area contributed by atoms with Crippen LogP contribution in [-0.4, -0.2) is 47.7 Å². The van der Waals surface area contributed by atoms with Crippen molar-refractivity contribution in [2.75, 3.05) is 11.9 Å². The van der Waals surface area contributed by atoms with Gasteiger partial charge in [-0.2, -0.15) is 0 Å². The lowest BCUT2D eigenvalue weighted by atomic mass is 10.1. The van der Waals surface area contributed by atoms with E-state index in [1.165, 1.54) is 26.8 Å². The van der Waals surface area contributed by atoms with E-state index in [1.807, 2.05) is 0 Å². The third-order valence-electron chi connectivity index (χ3n) is 4.42. The molecule has 0 amide bonds. The number of nitro groups is 1. The normalized spacial score (nSPS) is 22.8. The monoisotopic (exact) mass is 462 g/mol. The number of carbonyl (C=O) groups is 3. The smallest absolute Gasteiger partial charge is 0.303 e. The van der Waals surface area contributed by atoms with E-state index in [9.17, 15) is 24.5 Å². The molecule has 1 aromatic rings. The maximum atomic E-state index is 11.7. The third kappa shape index (κ3) is 5.96. The van der Waals surface area contributed by atoms with Gasteiger partial charge in [0.15, 0.2) is 6.10 Å². The van der Waals surface area contributed by atoms with Crippen LogP contribution in [-0.2, 0) is 28.6 Å². The molecule has 0 radical (unpaired) electrons. The zero-order valence-corrected chi connectivity index (χ0v) is 17.9. The Kier molecular flexibility index (Phi) is 7.85. The van der Waals surface area contributed by atoms with Gasteiger partial charge < -0.3 is 19.5 Å². The lowest BCUT2D eigenvalue weighted by molar-refractivity contribution is -0.384. The number of anilines is 1. The van der Waals surface area contributed by atoms with Crippen molar-refractivity contribution in [1.29, 1.82) is 0 Å². The van der Waals surface area contributed by atoms with Crippen LogP contribution in [0.1, 0.15) is 27.2 Å². The number of nitrogens with one attached hydrogen (secondary N) is 1. The van der Waals surface area contributed by atoms with Gasteiger partial charge in [0.1, 0.15) is 11.8 Å². The van der Waals surface area contributed by atoms with E-state index in [2.05, 4.69) is 5.32 Å². The summed E-state index contributed by atoms with van der Waals surface area (Å²) < 4.78 is 15.7. The quantitative estimate of drug-likeness (QED) is 0.280. The van der Waals surface area contributed by atoms with Gasteiger partial charge in [0.2, 0.25) is 0 Å². The Balaban J connectivity index is 2.39. The molecule has 1 aliphatic rings. The molecule has 164 valence electrons. The van der Waals surface area contributed by atoms with Crippen LogP contribution >= 0.6 is 23.2 Å². The molecule has 4 atom stereocenters. The van der Waals surface area contributed by atoms with Gasteiger partial charge in [0.25, 0.3) is 5.69 Å². The second kappa shape index (κ2) is 9.94. The number of carbonyl (C=O) groups excluding carboxylic acids is 3. The lowest BCUT2D eigenvalue weighted by Crippen LogP contribution is -2.41. The molecule has 1 aromatic carbocycles. The summed E-state index contributed by atoms with van der Waals surface area (Å²) in [5, 5.41) is 14.4. The van der Waals surface area contributed by atoms with E-state index < -0.39 is 47.0 Å². The van der Waals surface area contributed by atoms with Crippen molar-refractivity contribution < 1.29 is 33.5 Å². The first kappa shape index (κ1) is 23.7. The van der Waals surface area contributed by atoms with Crippen molar-refractivity contribution in [3.8, 4) is 0 Å². The van der Waals surface area contributed by atoms with Gasteiger partial charge in [-0.3, -0.25) is 24.5 Å². The summed E-state index contributed by atoms with van der Waals surface area (Å²) >= 11 is 11.9. The summed E-state index contributed by atoms with van der Waals surface area (Å²) in [6, 6.07) is 1.68. The van der Waals surface area contributed by atoms with Crippen LogP contribution in [0.5, 0.6) is 0 Å². The van der Waals surface area contributed by atoms with Crippen LogP contribution in [0.25, 0.3) is 0 Å². The Morgan fingerprint density at radius 1 is 1.07 bits per heavy atom. The Bertz CT molecular complexity index is 863. The molecule has 0 spiro atoms. The predicted octanol–water partition coefficient (Wildman–Crippen LogP) is 3.13. The maximum Gasteiger partial charge on any atom is 0.303 e. The zero-order chi connectivity index (χ0) is 22.6. The van der Waals surface area contributed by atoms with Crippen molar-refractivity contribution in [3.05, 3.63) is 32.3 Å². The van der Waals surface area contributed by atoms with Crippen molar-refractivity contribution >= 4 is 52.5 Å². The topological polar surface area (TPSA) is 134 Å². The van der Waals surface area contributed by atoms with Crippen LogP contribution in [0.15, 0.2) is 12.1 Å². The van der Waals surface area contributed by atoms with E-state index in [1.54, 1.807) is 0 Å². The van der Waals surface area contributed by atoms with Crippen LogP contribution in [0.3, 0.4) is 0 Å². The van der Waals surface area contributed by atoms with Gasteiger partial charge in [-0.15, -0.1) is 0 Å². The summed E-state index contributed by atoms with van der Waals surface area (Å²) in [4.78, 5) is 45.2. The summed E-state index contributed by atoms with van der Waals surface area (Å²) in [7, 11) is 0. The first-order valence-corrected chi connectivity index (χ1v) is 9.63. The molecule has 0 aromatic heterocycles. The van der Waals surface area contributed by atoms with Gasteiger partial charge in [0, 0.05) is 32.8 Å². The Morgan fingerprint density at radius 2 is 1.63 bits per heavy atom. The van der Waals surface area contributed by atoms with Gasteiger partial charge in [-0.1, -0.05) is 23.2 Å². The summed E-state index contributed by atoms with van der Waals surface area (Å²) in [5.74, 6) is -2.30. The number of nitrogens with zero attached hydrogens (tertiary/aromatic N) is 1. The number of hydrogen-bond acceptors (Lipinski definition) is 9. The Labute approximate surface area is 181 Å². The zero-order valence-electron chi connectivity index (χ0n) is 16.3. The van der Waals surface area contributed by atoms with E-state index in [0.717, 1.165) is 6.07 Å². The number of ether oxygens (including phenoxy) is 3. The van der Waals surface area contributed by atoms with Crippen LogP contribution in [0.2, 0.25) is 10.0 Å². The molecule has 0 heterocycles. The van der Waals surface area contributed by atoms with E-state index >= 15 is 0 Å². The summed E-state index contributed by atoms with van der Waals surface area (Å²) in [6.45, 7) is 3.52. The first-order chi connectivity index (χ1) is 14.0. The van der Waals surface area contributed by atoms with E-state index in [-0.39, 0.29) is 34.4 Å². The average Bonchev–Trinajstić information content (AvgIpc) is 2.91. The fourth-order valence-electron chi connectivity index (χ4n) is 3.32. The lowest BCUT2D eigenvalue weighted by Gasteiger charge is -2.26. The molecule has 1 aliphatic carbocycles. The molecule has 2 rings (SSSR count). The fraction of sp³-hybridized carbons (Fsp3) is 0.500. The highest BCUT2D eigenvalue weighted by atomic mass is 35.5. The summed E-state index contributed by atoms with van der Waals surface area (Å²) in [6.07, 6.45) is -1.69. The number of hydrogen-bond donors (Lipinski definition) is 1. The minimum atomic E-state index is -0.985. The molecular weight excluding hydrogens is 443 g/mol. The molecule has 3 unspecified atom stereocenters. The highest BCUT2D eigenvalue weighted by Gasteiger charge is 2.48. The number of benzene rings is 1. The molecule has 0 aliphatic heterocycles. The Hall–Kier alpha value is -2.59. The van der Waals surface area contributed by atoms with Gasteiger partial charge >= 0.3 is 17.9 Å². The molecule has 12 heteroatoms.